The first-order chi connectivity index (χ1) is 8.19. The summed E-state index contributed by atoms with van der Waals surface area (Å²) in [7, 11) is 0. The number of nitrogens with zero attached hydrogens (tertiary/aromatic N) is 3. The van der Waals surface area contributed by atoms with Crippen molar-refractivity contribution in [3.05, 3.63) is 41.9 Å². The van der Waals surface area contributed by atoms with Crippen molar-refractivity contribution < 1.29 is 4.79 Å². The summed E-state index contributed by atoms with van der Waals surface area (Å²) < 4.78 is 1.71. The van der Waals surface area contributed by atoms with Crippen molar-refractivity contribution in [2.45, 2.75) is 20.4 Å². The molecule has 17 heavy (non-hydrogen) atoms. The summed E-state index contributed by atoms with van der Waals surface area (Å²) in [5.74, 6) is 0.302. The zero-order valence-electron chi connectivity index (χ0n) is 9.84. The number of nitrogens with one attached hydrogen (secondary N) is 1. The second-order valence-electron chi connectivity index (χ2n) is 3.68. The third-order valence-electron chi connectivity index (χ3n) is 2.33. The van der Waals surface area contributed by atoms with E-state index in [-0.39, 0.29) is 5.91 Å². The minimum atomic E-state index is -0.240. The van der Waals surface area contributed by atoms with Crippen molar-refractivity contribution in [3.8, 4) is 0 Å². The second kappa shape index (κ2) is 4.78. The largest absolute Gasteiger partial charge is 0.305 e. The van der Waals surface area contributed by atoms with Crippen LogP contribution in [0.2, 0.25) is 0 Å². The molecular formula is C12H14N4O. The van der Waals surface area contributed by atoms with Gasteiger partial charge in [0.05, 0.1) is 0 Å². The molecule has 0 aromatic carbocycles. The number of pyridine rings is 1. The van der Waals surface area contributed by atoms with E-state index in [1.165, 1.54) is 0 Å². The number of anilines is 1. The number of carbonyl (C=O) groups excluding carboxylic acids is 1. The number of hydrogen-bond acceptors (Lipinski definition) is 3. The Hall–Kier alpha value is -2.17. The fraction of sp³-hybridized carbons (Fsp3) is 0.250. The minimum absolute atomic E-state index is 0.240. The molecule has 0 saturated carbocycles. The Morgan fingerprint density at radius 2 is 2.24 bits per heavy atom. The van der Waals surface area contributed by atoms with Gasteiger partial charge in [0.25, 0.3) is 5.91 Å². The van der Waals surface area contributed by atoms with Crippen LogP contribution in [0.15, 0.2) is 30.5 Å². The topological polar surface area (TPSA) is 59.8 Å². The zero-order valence-corrected chi connectivity index (χ0v) is 9.84. The Bertz CT molecular complexity index is 533. The fourth-order valence-electron chi connectivity index (χ4n) is 1.45. The van der Waals surface area contributed by atoms with Crippen LogP contribution < -0.4 is 5.32 Å². The van der Waals surface area contributed by atoms with Crippen molar-refractivity contribution in [1.29, 1.82) is 0 Å². The van der Waals surface area contributed by atoms with Gasteiger partial charge in [-0.25, -0.2) is 4.98 Å². The van der Waals surface area contributed by atoms with E-state index < -0.39 is 0 Å². The average molecular weight is 230 g/mol. The monoisotopic (exact) mass is 230 g/mol. The molecule has 5 heteroatoms. The van der Waals surface area contributed by atoms with Crippen LogP contribution in [-0.4, -0.2) is 20.7 Å². The maximum absolute atomic E-state index is 11.8. The highest BCUT2D eigenvalue weighted by atomic mass is 16.2. The maximum Gasteiger partial charge on any atom is 0.277 e. The summed E-state index contributed by atoms with van der Waals surface area (Å²) >= 11 is 0. The zero-order chi connectivity index (χ0) is 12.3. The summed E-state index contributed by atoms with van der Waals surface area (Å²) in [6, 6.07) is 7.17. The van der Waals surface area contributed by atoms with Crippen molar-refractivity contribution in [3.63, 3.8) is 0 Å². The van der Waals surface area contributed by atoms with Gasteiger partial charge in [0, 0.05) is 18.4 Å². The van der Waals surface area contributed by atoms with Gasteiger partial charge < -0.3 is 5.32 Å². The van der Waals surface area contributed by atoms with Crippen molar-refractivity contribution >= 4 is 11.7 Å². The predicted octanol–water partition coefficient (Wildman–Crippen LogP) is 1.86. The summed E-state index contributed by atoms with van der Waals surface area (Å²) in [5, 5.41) is 6.83. The highest BCUT2D eigenvalue weighted by Crippen LogP contribution is 2.06. The molecule has 0 atom stereocenters. The SMILES string of the molecule is CCn1ccc(C(=O)Nc2cccc(C)n2)n1. The molecule has 88 valence electrons. The van der Waals surface area contributed by atoms with Crippen LogP contribution in [0.1, 0.15) is 23.1 Å². The molecule has 0 spiro atoms. The maximum atomic E-state index is 11.8. The fourth-order valence-corrected chi connectivity index (χ4v) is 1.45. The summed E-state index contributed by atoms with van der Waals surface area (Å²) in [6.07, 6.45) is 1.78. The lowest BCUT2D eigenvalue weighted by molar-refractivity contribution is 0.102. The Morgan fingerprint density at radius 1 is 1.41 bits per heavy atom. The number of hydrogen-bond donors (Lipinski definition) is 1. The first kappa shape index (κ1) is 11.3. The normalized spacial score (nSPS) is 10.2. The molecule has 1 amide bonds. The standard InChI is InChI=1S/C12H14N4O/c1-3-16-8-7-10(15-16)12(17)14-11-6-4-5-9(2)13-11/h4-8H,3H2,1-2H3,(H,13,14,17). The first-order valence-corrected chi connectivity index (χ1v) is 5.47. The van der Waals surface area contributed by atoms with E-state index in [4.69, 9.17) is 0 Å². The molecule has 0 unspecified atom stereocenters. The summed E-state index contributed by atoms with van der Waals surface area (Å²) in [4.78, 5) is 16.0. The molecule has 0 fully saturated rings. The van der Waals surface area contributed by atoms with E-state index in [1.807, 2.05) is 26.0 Å². The van der Waals surface area contributed by atoms with Crippen LogP contribution in [0.5, 0.6) is 0 Å². The molecule has 2 rings (SSSR count). The van der Waals surface area contributed by atoms with Gasteiger partial charge in [0.2, 0.25) is 0 Å². The predicted molar refractivity (Wildman–Crippen MR) is 64.8 cm³/mol. The first-order valence-electron chi connectivity index (χ1n) is 5.47. The van der Waals surface area contributed by atoms with E-state index in [0.29, 0.717) is 11.5 Å². The summed E-state index contributed by atoms with van der Waals surface area (Å²) in [5.41, 5.74) is 1.26. The molecule has 0 aliphatic rings. The third kappa shape index (κ3) is 2.69. The molecule has 2 heterocycles. The molecule has 0 aliphatic carbocycles. The van der Waals surface area contributed by atoms with Gasteiger partial charge in [-0.2, -0.15) is 5.10 Å². The lowest BCUT2D eigenvalue weighted by Crippen LogP contribution is -2.14. The molecule has 0 bridgehead atoms. The van der Waals surface area contributed by atoms with Crippen molar-refractivity contribution in [1.82, 2.24) is 14.8 Å². The van der Waals surface area contributed by atoms with Gasteiger partial charge in [-0.1, -0.05) is 6.07 Å². The Labute approximate surface area is 99.5 Å². The van der Waals surface area contributed by atoms with Crippen molar-refractivity contribution in [2.24, 2.45) is 0 Å². The molecular weight excluding hydrogens is 216 g/mol. The Morgan fingerprint density at radius 3 is 2.88 bits per heavy atom. The van der Waals surface area contributed by atoms with E-state index in [0.717, 1.165) is 12.2 Å². The van der Waals surface area contributed by atoms with Gasteiger partial charge in [-0.15, -0.1) is 0 Å². The third-order valence-corrected chi connectivity index (χ3v) is 2.33. The molecule has 0 aliphatic heterocycles. The Kier molecular flexibility index (Phi) is 3.18. The molecule has 5 nitrogen and oxygen atoms in total. The van der Waals surface area contributed by atoms with Gasteiger partial charge >= 0.3 is 0 Å². The highest BCUT2D eigenvalue weighted by Gasteiger charge is 2.09. The average Bonchev–Trinajstić information content (AvgIpc) is 2.77. The van der Waals surface area contributed by atoms with Crippen LogP contribution in [0, 0.1) is 6.92 Å². The van der Waals surface area contributed by atoms with E-state index in [2.05, 4.69) is 15.4 Å². The van der Waals surface area contributed by atoms with E-state index in [9.17, 15) is 4.79 Å². The van der Waals surface area contributed by atoms with Crippen LogP contribution >= 0.6 is 0 Å². The number of aromatic nitrogens is 3. The van der Waals surface area contributed by atoms with E-state index in [1.54, 1.807) is 23.0 Å². The van der Waals surface area contributed by atoms with Gasteiger partial charge in [0.15, 0.2) is 5.69 Å². The van der Waals surface area contributed by atoms with Gasteiger partial charge in [-0.05, 0) is 32.0 Å². The van der Waals surface area contributed by atoms with Crippen LogP contribution in [0.4, 0.5) is 5.82 Å². The van der Waals surface area contributed by atoms with Gasteiger partial charge in [0.1, 0.15) is 5.82 Å². The van der Waals surface area contributed by atoms with Crippen LogP contribution in [-0.2, 0) is 6.54 Å². The molecule has 1 N–H and O–H groups in total. The van der Waals surface area contributed by atoms with Gasteiger partial charge in [-0.3, -0.25) is 9.48 Å². The Balaban J connectivity index is 2.11. The number of amides is 1. The smallest absolute Gasteiger partial charge is 0.277 e. The minimum Gasteiger partial charge on any atom is -0.305 e. The molecule has 0 saturated heterocycles. The molecule has 0 radical (unpaired) electrons. The lowest BCUT2D eigenvalue weighted by atomic mass is 10.3. The van der Waals surface area contributed by atoms with Crippen LogP contribution in [0.3, 0.4) is 0 Å². The van der Waals surface area contributed by atoms with Crippen LogP contribution in [0.25, 0.3) is 0 Å². The van der Waals surface area contributed by atoms with E-state index >= 15 is 0 Å². The number of carbonyl (C=O) groups is 1. The van der Waals surface area contributed by atoms with Crippen molar-refractivity contribution in [2.75, 3.05) is 5.32 Å². The summed E-state index contributed by atoms with van der Waals surface area (Å²) in [6.45, 7) is 4.59. The lowest BCUT2D eigenvalue weighted by Gasteiger charge is -2.02. The quantitative estimate of drug-likeness (QED) is 0.875. The number of rotatable bonds is 3. The molecule has 2 aromatic heterocycles. The highest BCUT2D eigenvalue weighted by molar-refractivity contribution is 6.02. The molecule has 2 aromatic rings. The number of aryl methyl sites for hydroxylation is 2. The second-order valence-corrected chi connectivity index (χ2v) is 3.68.